The summed E-state index contributed by atoms with van der Waals surface area (Å²) in [6.07, 6.45) is 3.80. The Morgan fingerprint density at radius 2 is 2.05 bits per heavy atom. The number of nitrogens with zero attached hydrogens (tertiary/aromatic N) is 1. The second kappa shape index (κ2) is 6.53. The number of benzene rings is 1. The van der Waals surface area contributed by atoms with E-state index in [0.29, 0.717) is 12.1 Å². The van der Waals surface area contributed by atoms with E-state index >= 15 is 0 Å². The monoisotopic (exact) mass is 260 g/mol. The zero-order chi connectivity index (χ0) is 13.8. The number of likely N-dealkylation sites (N-methyl/N-ethyl adjacent to an activating group) is 2. The molecule has 0 amide bonds. The van der Waals surface area contributed by atoms with E-state index in [1.807, 2.05) is 0 Å². The summed E-state index contributed by atoms with van der Waals surface area (Å²) in [5, 5.41) is 3.56. The summed E-state index contributed by atoms with van der Waals surface area (Å²) in [6.45, 7) is 5.77. The molecule has 1 aliphatic rings. The predicted molar refractivity (Wildman–Crippen MR) is 82.4 cm³/mol. The van der Waals surface area contributed by atoms with E-state index in [2.05, 4.69) is 62.4 Å². The van der Waals surface area contributed by atoms with Gasteiger partial charge in [-0.2, -0.15) is 0 Å². The van der Waals surface area contributed by atoms with Crippen molar-refractivity contribution in [3.63, 3.8) is 0 Å². The molecule has 1 aliphatic carbocycles. The average molecular weight is 260 g/mol. The number of rotatable bonds is 4. The van der Waals surface area contributed by atoms with E-state index in [4.69, 9.17) is 0 Å². The van der Waals surface area contributed by atoms with Crippen LogP contribution in [0.5, 0.6) is 0 Å². The minimum absolute atomic E-state index is 0.461. The van der Waals surface area contributed by atoms with E-state index in [1.54, 1.807) is 0 Å². The van der Waals surface area contributed by atoms with Crippen LogP contribution in [0.15, 0.2) is 24.3 Å². The van der Waals surface area contributed by atoms with Gasteiger partial charge in [-0.25, -0.2) is 0 Å². The Labute approximate surface area is 118 Å². The maximum Gasteiger partial charge on any atom is 0.0478 e. The molecule has 0 saturated carbocycles. The van der Waals surface area contributed by atoms with Crippen molar-refractivity contribution in [1.82, 2.24) is 10.2 Å². The highest BCUT2D eigenvalue weighted by Gasteiger charge is 2.29. The highest BCUT2D eigenvalue weighted by molar-refractivity contribution is 5.32. The van der Waals surface area contributed by atoms with Gasteiger partial charge in [-0.05, 0) is 50.4 Å². The molecule has 0 radical (unpaired) electrons. The van der Waals surface area contributed by atoms with Crippen LogP contribution < -0.4 is 5.32 Å². The molecular formula is C17H28N2. The van der Waals surface area contributed by atoms with Crippen LogP contribution in [0.3, 0.4) is 0 Å². The van der Waals surface area contributed by atoms with Crippen LogP contribution in [0.4, 0.5) is 0 Å². The van der Waals surface area contributed by atoms with Gasteiger partial charge in [0.25, 0.3) is 0 Å². The molecule has 0 spiro atoms. The van der Waals surface area contributed by atoms with Gasteiger partial charge in [0.05, 0.1) is 0 Å². The van der Waals surface area contributed by atoms with Gasteiger partial charge in [0.1, 0.15) is 0 Å². The molecule has 2 unspecified atom stereocenters. The van der Waals surface area contributed by atoms with Crippen LogP contribution in [0, 0.1) is 5.92 Å². The number of aryl methyl sites for hydroxylation is 1. The minimum atomic E-state index is 0.461. The van der Waals surface area contributed by atoms with E-state index in [1.165, 1.54) is 36.9 Å². The molecule has 0 bridgehead atoms. The summed E-state index contributed by atoms with van der Waals surface area (Å²) < 4.78 is 0. The lowest BCUT2D eigenvalue weighted by Crippen LogP contribution is -2.43. The molecule has 1 aromatic carbocycles. The second-order valence-corrected chi connectivity index (χ2v) is 6.26. The molecule has 0 aromatic heterocycles. The molecular weight excluding hydrogens is 232 g/mol. The Bertz CT molecular complexity index is 400. The van der Waals surface area contributed by atoms with Gasteiger partial charge < -0.3 is 10.2 Å². The maximum atomic E-state index is 3.56. The molecule has 0 heterocycles. The minimum Gasteiger partial charge on any atom is -0.312 e. The van der Waals surface area contributed by atoms with Gasteiger partial charge in [-0.15, -0.1) is 0 Å². The number of hydrogen-bond donors (Lipinski definition) is 1. The fraction of sp³-hybridized carbons (Fsp3) is 0.647. The molecule has 1 aromatic rings. The molecule has 2 heteroatoms. The first-order chi connectivity index (χ1) is 9.13. The molecule has 19 heavy (non-hydrogen) atoms. The Morgan fingerprint density at radius 3 is 2.74 bits per heavy atom. The highest BCUT2D eigenvalue weighted by atomic mass is 15.2. The summed E-state index contributed by atoms with van der Waals surface area (Å²) in [5.74, 6) is 0.723. The van der Waals surface area contributed by atoms with E-state index < -0.39 is 0 Å². The molecule has 1 N–H and O–H groups in total. The third kappa shape index (κ3) is 3.37. The topological polar surface area (TPSA) is 15.3 Å². The van der Waals surface area contributed by atoms with Crippen LogP contribution in [0.1, 0.15) is 43.9 Å². The third-order valence-corrected chi connectivity index (χ3v) is 4.25. The smallest absolute Gasteiger partial charge is 0.0478 e. The first-order valence-corrected chi connectivity index (χ1v) is 7.58. The van der Waals surface area contributed by atoms with Crippen molar-refractivity contribution in [1.29, 1.82) is 0 Å². The molecule has 2 nitrogen and oxygen atoms in total. The lowest BCUT2D eigenvalue weighted by molar-refractivity contribution is 0.169. The molecule has 0 aliphatic heterocycles. The Hall–Kier alpha value is -0.860. The first-order valence-electron chi connectivity index (χ1n) is 7.58. The van der Waals surface area contributed by atoms with Gasteiger partial charge in [0, 0.05) is 18.6 Å². The van der Waals surface area contributed by atoms with Crippen LogP contribution in [-0.4, -0.2) is 31.6 Å². The van der Waals surface area contributed by atoms with E-state index in [9.17, 15) is 0 Å². The molecule has 0 fully saturated rings. The molecule has 2 rings (SSSR count). The van der Waals surface area contributed by atoms with Gasteiger partial charge in [0.2, 0.25) is 0 Å². The summed E-state index contributed by atoms with van der Waals surface area (Å²) in [5.41, 5.74) is 3.03. The Kier molecular flexibility index (Phi) is 5.00. The zero-order valence-corrected chi connectivity index (χ0v) is 12.8. The van der Waals surface area contributed by atoms with Gasteiger partial charge in [-0.1, -0.05) is 38.1 Å². The lowest BCUT2D eigenvalue weighted by Gasteiger charge is -2.35. The lowest BCUT2D eigenvalue weighted by atomic mass is 9.95. The first kappa shape index (κ1) is 14.5. The average Bonchev–Trinajstić information content (AvgIpc) is 2.56. The molecule has 2 atom stereocenters. The van der Waals surface area contributed by atoms with Crippen LogP contribution in [-0.2, 0) is 6.42 Å². The van der Waals surface area contributed by atoms with Gasteiger partial charge >= 0.3 is 0 Å². The highest BCUT2D eigenvalue weighted by Crippen LogP contribution is 2.31. The predicted octanol–water partition coefficient (Wildman–Crippen LogP) is 3.24. The van der Waals surface area contributed by atoms with Crippen LogP contribution >= 0.6 is 0 Å². The number of hydrogen-bond acceptors (Lipinski definition) is 2. The van der Waals surface area contributed by atoms with Crippen molar-refractivity contribution in [3.8, 4) is 0 Å². The zero-order valence-electron chi connectivity index (χ0n) is 12.8. The quantitative estimate of drug-likeness (QED) is 0.836. The summed E-state index contributed by atoms with van der Waals surface area (Å²) in [6, 6.07) is 10.0. The van der Waals surface area contributed by atoms with Crippen molar-refractivity contribution in [2.75, 3.05) is 20.6 Å². The van der Waals surface area contributed by atoms with E-state index in [0.717, 1.165) is 5.92 Å². The maximum absolute atomic E-state index is 3.56. The van der Waals surface area contributed by atoms with Gasteiger partial charge in [-0.3, -0.25) is 0 Å². The largest absolute Gasteiger partial charge is 0.312 e. The van der Waals surface area contributed by atoms with E-state index in [-0.39, 0.29) is 0 Å². The van der Waals surface area contributed by atoms with Crippen molar-refractivity contribution in [2.45, 2.75) is 45.2 Å². The number of nitrogens with one attached hydrogen (secondary N) is 1. The SMILES string of the molecule is CNC1c2ccccc2CCCC1N(C)CC(C)C. The Morgan fingerprint density at radius 1 is 1.32 bits per heavy atom. The molecule has 0 saturated heterocycles. The van der Waals surface area contributed by atoms with Crippen LogP contribution in [0.25, 0.3) is 0 Å². The third-order valence-electron chi connectivity index (χ3n) is 4.25. The van der Waals surface area contributed by atoms with Gasteiger partial charge in [0.15, 0.2) is 0 Å². The van der Waals surface area contributed by atoms with Crippen LogP contribution in [0.2, 0.25) is 0 Å². The van der Waals surface area contributed by atoms with Crippen molar-refractivity contribution < 1.29 is 0 Å². The summed E-state index contributed by atoms with van der Waals surface area (Å²) in [7, 11) is 4.38. The molecule has 106 valence electrons. The fourth-order valence-corrected chi connectivity index (χ4v) is 3.47. The summed E-state index contributed by atoms with van der Waals surface area (Å²) in [4.78, 5) is 2.55. The standard InChI is InChI=1S/C17H28N2/c1-13(2)12-19(4)16-11-7-9-14-8-5-6-10-15(14)17(16)18-3/h5-6,8,10,13,16-18H,7,9,11-12H2,1-4H3. The second-order valence-electron chi connectivity index (χ2n) is 6.26. The van der Waals surface area contributed by atoms with Crippen molar-refractivity contribution in [3.05, 3.63) is 35.4 Å². The number of fused-ring (bicyclic) bond motifs is 1. The van der Waals surface area contributed by atoms with Crippen molar-refractivity contribution in [2.24, 2.45) is 5.92 Å². The Balaban J connectivity index is 2.25. The normalized spacial score (nSPS) is 23.5. The van der Waals surface area contributed by atoms with Crippen molar-refractivity contribution >= 4 is 0 Å². The fourth-order valence-electron chi connectivity index (χ4n) is 3.47. The summed E-state index contributed by atoms with van der Waals surface area (Å²) >= 11 is 0.